The normalized spacial score (nSPS) is 11.1. The number of hydrogen-bond acceptors (Lipinski definition) is 4. The van der Waals surface area contributed by atoms with Crippen molar-refractivity contribution in [1.82, 2.24) is 5.32 Å². The van der Waals surface area contributed by atoms with Gasteiger partial charge in [0.1, 0.15) is 18.9 Å². The van der Waals surface area contributed by atoms with E-state index in [4.69, 9.17) is 16.3 Å². The van der Waals surface area contributed by atoms with Gasteiger partial charge in [-0.2, -0.15) is 0 Å². The number of nitrogens with zero attached hydrogens (tertiary/aromatic N) is 1. The van der Waals surface area contributed by atoms with Crippen LogP contribution in [0.5, 0.6) is 5.75 Å². The van der Waals surface area contributed by atoms with Crippen molar-refractivity contribution < 1.29 is 17.9 Å². The molecule has 0 aromatic heterocycles. The Morgan fingerprint density at radius 3 is 2.41 bits per heavy atom. The maximum absolute atomic E-state index is 13.3. The van der Waals surface area contributed by atoms with Gasteiger partial charge in [0.2, 0.25) is 5.91 Å². The van der Waals surface area contributed by atoms with Crippen LogP contribution in [0.15, 0.2) is 82.2 Å². The number of amides is 1. The molecule has 168 valence electrons. The van der Waals surface area contributed by atoms with Crippen LogP contribution in [0.25, 0.3) is 0 Å². The molecule has 0 heterocycles. The summed E-state index contributed by atoms with van der Waals surface area (Å²) >= 11 is 9.20. The van der Waals surface area contributed by atoms with Gasteiger partial charge in [-0.25, -0.2) is 8.42 Å². The van der Waals surface area contributed by atoms with Crippen molar-refractivity contribution in [3.05, 3.63) is 87.9 Å². The first-order chi connectivity index (χ1) is 15.3. The zero-order chi connectivity index (χ0) is 23.1. The minimum Gasteiger partial charge on any atom is -0.492 e. The number of ether oxygens (including phenoxy) is 1. The molecule has 9 heteroatoms. The minimum atomic E-state index is -3.95. The SMILES string of the molecule is Cc1ccc(S(=O)(=O)N(CC(=O)NCCOc2ccc(Cl)cc2)c2cccc(Br)c2)cc1. The summed E-state index contributed by atoms with van der Waals surface area (Å²) in [5.41, 5.74) is 1.32. The molecule has 0 atom stereocenters. The molecular weight excluding hydrogens is 516 g/mol. The Labute approximate surface area is 201 Å². The lowest BCUT2D eigenvalue weighted by Crippen LogP contribution is -2.41. The molecule has 0 bridgehead atoms. The average Bonchev–Trinajstić information content (AvgIpc) is 2.76. The van der Waals surface area contributed by atoms with E-state index in [1.54, 1.807) is 60.7 Å². The number of carbonyl (C=O) groups is 1. The Bertz CT molecular complexity index is 1170. The monoisotopic (exact) mass is 536 g/mol. The third-order valence-corrected chi connectivity index (χ3v) is 7.03. The first-order valence-corrected chi connectivity index (χ1v) is 12.4. The van der Waals surface area contributed by atoms with Crippen LogP contribution < -0.4 is 14.4 Å². The number of anilines is 1. The molecule has 0 aliphatic carbocycles. The molecule has 0 fully saturated rings. The zero-order valence-electron chi connectivity index (χ0n) is 17.3. The first-order valence-electron chi connectivity index (χ1n) is 9.76. The Hall–Kier alpha value is -2.55. The second-order valence-corrected chi connectivity index (χ2v) is 10.2. The Balaban J connectivity index is 1.70. The molecule has 0 saturated carbocycles. The van der Waals surface area contributed by atoms with Crippen molar-refractivity contribution in [2.45, 2.75) is 11.8 Å². The van der Waals surface area contributed by atoms with E-state index in [0.29, 0.717) is 20.9 Å². The maximum Gasteiger partial charge on any atom is 0.264 e. The third kappa shape index (κ3) is 6.48. The smallest absolute Gasteiger partial charge is 0.264 e. The van der Waals surface area contributed by atoms with Gasteiger partial charge < -0.3 is 10.1 Å². The van der Waals surface area contributed by atoms with Crippen LogP contribution in [-0.4, -0.2) is 34.0 Å². The van der Waals surface area contributed by atoms with Crippen molar-refractivity contribution in [3.8, 4) is 5.75 Å². The van der Waals surface area contributed by atoms with Crippen molar-refractivity contribution in [3.63, 3.8) is 0 Å². The molecule has 6 nitrogen and oxygen atoms in total. The highest BCUT2D eigenvalue weighted by atomic mass is 79.9. The summed E-state index contributed by atoms with van der Waals surface area (Å²) in [6.45, 7) is 1.96. The van der Waals surface area contributed by atoms with E-state index in [0.717, 1.165) is 9.87 Å². The lowest BCUT2D eigenvalue weighted by Gasteiger charge is -2.24. The zero-order valence-corrected chi connectivity index (χ0v) is 20.5. The summed E-state index contributed by atoms with van der Waals surface area (Å²) in [6.07, 6.45) is 0. The standard InChI is InChI=1S/C23H22BrClN2O4S/c1-17-5-11-22(12-6-17)32(29,30)27(20-4-2-3-18(24)15-20)16-23(28)26-13-14-31-21-9-7-19(25)8-10-21/h2-12,15H,13-14,16H2,1H3,(H,26,28). The molecule has 3 aromatic rings. The summed E-state index contributed by atoms with van der Waals surface area (Å²) in [6, 6.07) is 20.2. The molecule has 32 heavy (non-hydrogen) atoms. The Morgan fingerprint density at radius 2 is 1.75 bits per heavy atom. The van der Waals surface area contributed by atoms with E-state index in [-0.39, 0.29) is 24.6 Å². The van der Waals surface area contributed by atoms with Gasteiger partial charge in [-0.1, -0.05) is 51.3 Å². The maximum atomic E-state index is 13.3. The minimum absolute atomic E-state index is 0.113. The molecule has 0 spiro atoms. The summed E-state index contributed by atoms with van der Waals surface area (Å²) in [5, 5.41) is 3.31. The van der Waals surface area contributed by atoms with E-state index in [1.807, 2.05) is 6.92 Å². The summed E-state index contributed by atoms with van der Waals surface area (Å²) in [5.74, 6) is 0.182. The lowest BCUT2D eigenvalue weighted by molar-refractivity contribution is -0.119. The third-order valence-electron chi connectivity index (χ3n) is 4.50. The fourth-order valence-electron chi connectivity index (χ4n) is 2.86. The fraction of sp³-hybridized carbons (Fsp3) is 0.174. The fourth-order valence-corrected chi connectivity index (χ4v) is 4.79. The van der Waals surface area contributed by atoms with Crippen molar-refractivity contribution in [2.24, 2.45) is 0 Å². The molecule has 3 aromatic carbocycles. The van der Waals surface area contributed by atoms with Gasteiger partial charge in [0.25, 0.3) is 10.0 Å². The van der Waals surface area contributed by atoms with Gasteiger partial charge in [0, 0.05) is 9.50 Å². The van der Waals surface area contributed by atoms with Gasteiger partial charge in [0.05, 0.1) is 17.1 Å². The highest BCUT2D eigenvalue weighted by molar-refractivity contribution is 9.10. The van der Waals surface area contributed by atoms with Crippen LogP contribution in [0.3, 0.4) is 0 Å². The average molecular weight is 538 g/mol. The highest BCUT2D eigenvalue weighted by Gasteiger charge is 2.27. The summed E-state index contributed by atoms with van der Waals surface area (Å²) in [7, 11) is -3.95. The Morgan fingerprint density at radius 1 is 1.06 bits per heavy atom. The van der Waals surface area contributed by atoms with Gasteiger partial charge >= 0.3 is 0 Å². The van der Waals surface area contributed by atoms with Crippen LogP contribution in [0, 0.1) is 6.92 Å². The predicted octanol–water partition coefficient (Wildman–Crippen LogP) is 4.80. The lowest BCUT2D eigenvalue weighted by atomic mass is 10.2. The van der Waals surface area contributed by atoms with Gasteiger partial charge in [-0.3, -0.25) is 9.10 Å². The number of aryl methyl sites for hydroxylation is 1. The largest absolute Gasteiger partial charge is 0.492 e. The number of halogens is 2. The van der Waals surface area contributed by atoms with Crippen LogP contribution in [-0.2, 0) is 14.8 Å². The summed E-state index contributed by atoms with van der Waals surface area (Å²) in [4.78, 5) is 12.7. The number of carbonyl (C=O) groups excluding carboxylic acids is 1. The topological polar surface area (TPSA) is 75.7 Å². The van der Waals surface area contributed by atoms with E-state index in [2.05, 4.69) is 21.2 Å². The number of rotatable bonds is 9. The quantitative estimate of drug-likeness (QED) is 0.398. The molecular formula is C23H22BrClN2O4S. The molecule has 0 saturated heterocycles. The van der Waals surface area contributed by atoms with Crippen molar-refractivity contribution >= 4 is 49.1 Å². The number of nitrogens with one attached hydrogen (secondary N) is 1. The predicted molar refractivity (Wildman–Crippen MR) is 130 cm³/mol. The number of sulfonamides is 1. The van der Waals surface area contributed by atoms with E-state index in [9.17, 15) is 13.2 Å². The molecule has 0 unspecified atom stereocenters. The van der Waals surface area contributed by atoms with E-state index in [1.165, 1.54) is 12.1 Å². The second kappa shape index (κ2) is 10.8. The highest BCUT2D eigenvalue weighted by Crippen LogP contribution is 2.26. The van der Waals surface area contributed by atoms with Crippen molar-refractivity contribution in [2.75, 3.05) is 24.0 Å². The van der Waals surface area contributed by atoms with Crippen LogP contribution in [0.4, 0.5) is 5.69 Å². The van der Waals surface area contributed by atoms with Crippen LogP contribution in [0.2, 0.25) is 5.02 Å². The van der Waals surface area contributed by atoms with E-state index < -0.39 is 15.9 Å². The van der Waals surface area contributed by atoms with Gasteiger partial charge in [-0.05, 0) is 61.5 Å². The molecule has 1 amide bonds. The number of hydrogen-bond donors (Lipinski definition) is 1. The van der Waals surface area contributed by atoms with Crippen molar-refractivity contribution in [1.29, 1.82) is 0 Å². The van der Waals surface area contributed by atoms with Gasteiger partial charge in [0.15, 0.2) is 0 Å². The molecule has 0 radical (unpaired) electrons. The first kappa shape index (κ1) is 24.1. The Kier molecular flexibility index (Phi) is 8.17. The summed E-state index contributed by atoms with van der Waals surface area (Å²) < 4.78 is 34.0. The molecule has 0 aliphatic heterocycles. The molecule has 0 aliphatic rings. The van der Waals surface area contributed by atoms with E-state index >= 15 is 0 Å². The molecule has 1 N–H and O–H groups in total. The van der Waals surface area contributed by atoms with Crippen LogP contribution in [0.1, 0.15) is 5.56 Å². The van der Waals surface area contributed by atoms with Crippen LogP contribution >= 0.6 is 27.5 Å². The van der Waals surface area contributed by atoms with Gasteiger partial charge in [-0.15, -0.1) is 0 Å². The molecule has 3 rings (SSSR count). The number of benzene rings is 3. The second-order valence-electron chi connectivity index (χ2n) is 6.96.